The SMILES string of the molecule is CCN1CCC(O)(c2ccccc2)C1.Cl. The van der Waals surface area contributed by atoms with E-state index in [0.29, 0.717) is 0 Å². The highest BCUT2D eigenvalue weighted by atomic mass is 35.5. The molecule has 84 valence electrons. The second kappa shape index (κ2) is 4.97. The number of benzene rings is 1. The lowest BCUT2D eigenvalue weighted by atomic mass is 9.93. The van der Waals surface area contributed by atoms with Crippen LogP contribution in [0.15, 0.2) is 30.3 Å². The van der Waals surface area contributed by atoms with Crippen LogP contribution < -0.4 is 0 Å². The molecule has 1 aromatic carbocycles. The van der Waals surface area contributed by atoms with Gasteiger partial charge in [0.05, 0.1) is 0 Å². The van der Waals surface area contributed by atoms with E-state index in [-0.39, 0.29) is 12.4 Å². The van der Waals surface area contributed by atoms with E-state index in [0.717, 1.165) is 31.6 Å². The zero-order valence-electron chi connectivity index (χ0n) is 9.02. The molecule has 1 N–H and O–H groups in total. The Kier molecular flexibility index (Phi) is 4.14. The first kappa shape index (κ1) is 12.5. The van der Waals surface area contributed by atoms with E-state index in [1.165, 1.54) is 0 Å². The highest BCUT2D eigenvalue weighted by Gasteiger charge is 2.36. The Labute approximate surface area is 97.3 Å². The predicted molar refractivity (Wildman–Crippen MR) is 64.3 cm³/mol. The van der Waals surface area contributed by atoms with Crippen LogP contribution in [0.5, 0.6) is 0 Å². The van der Waals surface area contributed by atoms with Crippen molar-refractivity contribution in [3.05, 3.63) is 35.9 Å². The average molecular weight is 228 g/mol. The molecule has 1 fully saturated rings. The van der Waals surface area contributed by atoms with E-state index in [1.54, 1.807) is 0 Å². The summed E-state index contributed by atoms with van der Waals surface area (Å²) in [5, 5.41) is 10.4. The molecule has 2 rings (SSSR count). The fraction of sp³-hybridized carbons (Fsp3) is 0.500. The van der Waals surface area contributed by atoms with Crippen molar-refractivity contribution in [3.63, 3.8) is 0 Å². The Morgan fingerprint density at radius 3 is 2.53 bits per heavy atom. The van der Waals surface area contributed by atoms with Crippen molar-refractivity contribution < 1.29 is 5.11 Å². The number of nitrogens with zero attached hydrogens (tertiary/aromatic N) is 1. The molecule has 1 atom stereocenters. The van der Waals surface area contributed by atoms with E-state index in [2.05, 4.69) is 11.8 Å². The topological polar surface area (TPSA) is 23.5 Å². The van der Waals surface area contributed by atoms with Crippen molar-refractivity contribution in [3.8, 4) is 0 Å². The van der Waals surface area contributed by atoms with Gasteiger partial charge in [-0.2, -0.15) is 0 Å². The van der Waals surface area contributed by atoms with Crippen LogP contribution in [0.25, 0.3) is 0 Å². The zero-order chi connectivity index (χ0) is 10.0. The van der Waals surface area contributed by atoms with E-state index in [4.69, 9.17) is 0 Å². The molecule has 1 aliphatic rings. The van der Waals surface area contributed by atoms with Crippen LogP contribution in [-0.2, 0) is 5.60 Å². The van der Waals surface area contributed by atoms with Gasteiger partial charge in [-0.15, -0.1) is 12.4 Å². The molecule has 0 radical (unpaired) electrons. The third-order valence-electron chi connectivity index (χ3n) is 3.09. The molecule has 0 aliphatic carbocycles. The number of halogens is 1. The molecule has 1 saturated heterocycles. The number of likely N-dealkylation sites (N-methyl/N-ethyl adjacent to an activating group) is 1. The predicted octanol–water partition coefficient (Wildman–Crippen LogP) is 2.02. The minimum Gasteiger partial charge on any atom is -0.384 e. The summed E-state index contributed by atoms with van der Waals surface area (Å²) in [5.74, 6) is 0. The molecule has 0 saturated carbocycles. The summed E-state index contributed by atoms with van der Waals surface area (Å²) in [5.41, 5.74) is 0.438. The summed E-state index contributed by atoms with van der Waals surface area (Å²) in [6.07, 6.45) is 0.852. The molecule has 0 bridgehead atoms. The maximum absolute atomic E-state index is 10.4. The standard InChI is InChI=1S/C12H17NO.ClH/c1-2-13-9-8-12(14,10-13)11-6-4-3-5-7-11;/h3-7,14H,2,8-10H2,1H3;1H. The van der Waals surface area contributed by atoms with Crippen molar-refractivity contribution in [2.45, 2.75) is 18.9 Å². The third-order valence-corrected chi connectivity index (χ3v) is 3.09. The summed E-state index contributed by atoms with van der Waals surface area (Å²) in [4.78, 5) is 2.28. The van der Waals surface area contributed by atoms with Crippen LogP contribution in [0, 0.1) is 0 Å². The highest BCUT2D eigenvalue weighted by molar-refractivity contribution is 5.85. The molecule has 15 heavy (non-hydrogen) atoms. The van der Waals surface area contributed by atoms with Gasteiger partial charge in [-0.1, -0.05) is 37.3 Å². The van der Waals surface area contributed by atoms with Crippen LogP contribution in [0.3, 0.4) is 0 Å². The van der Waals surface area contributed by atoms with E-state index >= 15 is 0 Å². The Bertz CT molecular complexity index is 304. The van der Waals surface area contributed by atoms with Crippen LogP contribution in [0.2, 0.25) is 0 Å². The van der Waals surface area contributed by atoms with E-state index in [9.17, 15) is 5.11 Å². The van der Waals surface area contributed by atoms with Crippen LogP contribution in [-0.4, -0.2) is 29.6 Å². The summed E-state index contributed by atoms with van der Waals surface area (Å²) >= 11 is 0. The quantitative estimate of drug-likeness (QED) is 0.836. The highest BCUT2D eigenvalue weighted by Crippen LogP contribution is 2.31. The molecule has 0 amide bonds. The van der Waals surface area contributed by atoms with Crippen molar-refractivity contribution in [1.82, 2.24) is 4.90 Å². The Hall–Kier alpha value is -0.570. The van der Waals surface area contributed by atoms with Crippen LogP contribution >= 0.6 is 12.4 Å². The maximum Gasteiger partial charge on any atom is 0.103 e. The maximum atomic E-state index is 10.4. The third kappa shape index (κ3) is 2.51. The zero-order valence-corrected chi connectivity index (χ0v) is 9.83. The molecule has 1 unspecified atom stereocenters. The lowest BCUT2D eigenvalue weighted by Crippen LogP contribution is -2.30. The number of aliphatic hydroxyl groups is 1. The molecule has 2 nitrogen and oxygen atoms in total. The lowest BCUT2D eigenvalue weighted by molar-refractivity contribution is 0.0467. The molecule has 1 aliphatic heterocycles. The van der Waals surface area contributed by atoms with Gasteiger partial charge in [0.25, 0.3) is 0 Å². The molecular formula is C12H18ClNO. The van der Waals surface area contributed by atoms with Crippen molar-refractivity contribution in [2.75, 3.05) is 19.6 Å². The second-order valence-corrected chi connectivity index (χ2v) is 4.02. The van der Waals surface area contributed by atoms with Gasteiger partial charge in [-0.3, -0.25) is 0 Å². The number of rotatable bonds is 2. The van der Waals surface area contributed by atoms with Crippen LogP contribution in [0.4, 0.5) is 0 Å². The van der Waals surface area contributed by atoms with Gasteiger partial charge in [0.2, 0.25) is 0 Å². The molecule has 1 aromatic rings. The fourth-order valence-corrected chi connectivity index (χ4v) is 2.13. The normalized spacial score (nSPS) is 26.3. The van der Waals surface area contributed by atoms with Gasteiger partial charge in [0.1, 0.15) is 5.60 Å². The molecule has 0 spiro atoms. The van der Waals surface area contributed by atoms with Gasteiger partial charge in [0.15, 0.2) is 0 Å². The van der Waals surface area contributed by atoms with Crippen molar-refractivity contribution in [2.24, 2.45) is 0 Å². The summed E-state index contributed by atoms with van der Waals surface area (Å²) < 4.78 is 0. The van der Waals surface area contributed by atoms with E-state index in [1.807, 2.05) is 30.3 Å². The van der Waals surface area contributed by atoms with Gasteiger partial charge in [-0.05, 0) is 18.5 Å². The van der Waals surface area contributed by atoms with Gasteiger partial charge < -0.3 is 10.0 Å². The average Bonchev–Trinajstić information content (AvgIpc) is 2.63. The number of hydrogen-bond acceptors (Lipinski definition) is 2. The van der Waals surface area contributed by atoms with Crippen molar-refractivity contribution in [1.29, 1.82) is 0 Å². The largest absolute Gasteiger partial charge is 0.384 e. The first-order valence-electron chi connectivity index (χ1n) is 5.25. The molecule has 3 heteroatoms. The van der Waals surface area contributed by atoms with Gasteiger partial charge in [-0.25, -0.2) is 0 Å². The fourth-order valence-electron chi connectivity index (χ4n) is 2.13. The summed E-state index contributed by atoms with van der Waals surface area (Å²) in [6.45, 7) is 4.93. The minimum absolute atomic E-state index is 0. The van der Waals surface area contributed by atoms with Gasteiger partial charge in [0, 0.05) is 13.1 Å². The van der Waals surface area contributed by atoms with Crippen LogP contribution in [0.1, 0.15) is 18.9 Å². The molecule has 1 heterocycles. The van der Waals surface area contributed by atoms with Crippen molar-refractivity contribution >= 4 is 12.4 Å². The molecule has 0 aromatic heterocycles. The lowest BCUT2D eigenvalue weighted by Gasteiger charge is -2.23. The monoisotopic (exact) mass is 227 g/mol. The Morgan fingerprint density at radius 1 is 1.33 bits per heavy atom. The van der Waals surface area contributed by atoms with Gasteiger partial charge >= 0.3 is 0 Å². The summed E-state index contributed by atoms with van der Waals surface area (Å²) in [7, 11) is 0. The molecular weight excluding hydrogens is 210 g/mol. The first-order chi connectivity index (χ1) is 6.74. The number of hydrogen-bond donors (Lipinski definition) is 1. The number of β-amino-alcohol motifs (C(OH)–C–C–N with tert-alkyl or cyclic N) is 1. The summed E-state index contributed by atoms with van der Waals surface area (Å²) in [6, 6.07) is 9.99. The van der Waals surface area contributed by atoms with E-state index < -0.39 is 5.60 Å². The Morgan fingerprint density at radius 2 is 2.00 bits per heavy atom. The Balaban J connectivity index is 0.00000112. The first-order valence-corrected chi connectivity index (χ1v) is 5.25. The smallest absolute Gasteiger partial charge is 0.103 e. The minimum atomic E-state index is -0.614. The number of likely N-dealkylation sites (tertiary alicyclic amines) is 1. The second-order valence-electron chi connectivity index (χ2n) is 4.02.